The fourth-order valence-corrected chi connectivity index (χ4v) is 2.38. The van der Waals surface area contributed by atoms with Crippen molar-refractivity contribution in [3.63, 3.8) is 0 Å². The number of rotatable bonds is 4. The molecule has 1 aromatic carbocycles. The van der Waals surface area contributed by atoms with Gasteiger partial charge in [-0.25, -0.2) is 0 Å². The lowest BCUT2D eigenvalue weighted by molar-refractivity contribution is -0.128. The first-order chi connectivity index (χ1) is 10.1. The van der Waals surface area contributed by atoms with Gasteiger partial charge in [0.2, 0.25) is 17.6 Å². The number of aromatic nitrogens is 2. The highest BCUT2D eigenvalue weighted by Crippen LogP contribution is 2.27. The van der Waals surface area contributed by atoms with Gasteiger partial charge in [0.25, 0.3) is 0 Å². The summed E-state index contributed by atoms with van der Waals surface area (Å²) in [4.78, 5) is 16.3. The van der Waals surface area contributed by atoms with Crippen molar-refractivity contribution in [2.75, 3.05) is 0 Å². The van der Waals surface area contributed by atoms with Gasteiger partial charge in [-0.05, 0) is 32.8 Å². The standard InChI is InChI=1S/C16H19N3O2/c1-10-5-3-8-13(9-10)14-18-16(21-19-14)11(2)17-15(20)12-6-4-7-12/h3,5,8-9,11-12H,4,6-7H2,1-2H3,(H,17,20)/t11-/m0/s1. The molecule has 0 radical (unpaired) electrons. The molecule has 0 unspecified atom stereocenters. The smallest absolute Gasteiger partial charge is 0.249 e. The van der Waals surface area contributed by atoms with Gasteiger partial charge in [0.1, 0.15) is 6.04 Å². The lowest BCUT2D eigenvalue weighted by atomic mass is 9.84. The van der Waals surface area contributed by atoms with Crippen LogP contribution in [0.4, 0.5) is 0 Å². The Morgan fingerprint density at radius 2 is 2.24 bits per heavy atom. The molecule has 5 heteroatoms. The monoisotopic (exact) mass is 285 g/mol. The lowest BCUT2D eigenvalue weighted by Crippen LogP contribution is -2.36. The van der Waals surface area contributed by atoms with Crippen LogP contribution < -0.4 is 5.32 Å². The zero-order valence-corrected chi connectivity index (χ0v) is 12.3. The van der Waals surface area contributed by atoms with Gasteiger partial charge in [-0.3, -0.25) is 4.79 Å². The minimum absolute atomic E-state index is 0.0871. The van der Waals surface area contributed by atoms with Crippen LogP contribution in [0.5, 0.6) is 0 Å². The van der Waals surface area contributed by atoms with Crippen LogP contribution in [-0.2, 0) is 4.79 Å². The Morgan fingerprint density at radius 3 is 2.90 bits per heavy atom. The Bertz CT molecular complexity index is 646. The molecule has 1 aliphatic rings. The summed E-state index contributed by atoms with van der Waals surface area (Å²) in [6, 6.07) is 7.67. The van der Waals surface area contributed by atoms with Gasteiger partial charge in [-0.15, -0.1) is 0 Å². The van der Waals surface area contributed by atoms with E-state index in [0.29, 0.717) is 11.7 Å². The molecule has 1 aliphatic carbocycles. The summed E-state index contributed by atoms with van der Waals surface area (Å²) in [5.74, 6) is 1.24. The van der Waals surface area contributed by atoms with E-state index in [1.165, 1.54) is 0 Å². The SMILES string of the molecule is Cc1cccc(-c2noc([C@H](C)NC(=O)C3CCC3)n2)c1. The summed E-state index contributed by atoms with van der Waals surface area (Å²) in [6.45, 7) is 3.88. The van der Waals surface area contributed by atoms with Gasteiger partial charge in [0.15, 0.2) is 0 Å². The van der Waals surface area contributed by atoms with Gasteiger partial charge >= 0.3 is 0 Å². The van der Waals surface area contributed by atoms with Crippen molar-refractivity contribution in [3.8, 4) is 11.4 Å². The van der Waals surface area contributed by atoms with Crippen LogP contribution in [0, 0.1) is 12.8 Å². The minimum atomic E-state index is -0.260. The van der Waals surface area contributed by atoms with Crippen LogP contribution in [0.3, 0.4) is 0 Å². The first-order valence-corrected chi connectivity index (χ1v) is 7.34. The second-order valence-corrected chi connectivity index (χ2v) is 5.68. The molecule has 3 rings (SSSR count). The Hall–Kier alpha value is -2.17. The van der Waals surface area contributed by atoms with Crippen molar-refractivity contribution >= 4 is 5.91 Å². The van der Waals surface area contributed by atoms with E-state index in [9.17, 15) is 4.79 Å². The average molecular weight is 285 g/mol. The summed E-state index contributed by atoms with van der Waals surface area (Å²) in [5, 5.41) is 6.94. The van der Waals surface area contributed by atoms with Gasteiger partial charge in [-0.1, -0.05) is 35.3 Å². The van der Waals surface area contributed by atoms with E-state index in [0.717, 1.165) is 30.4 Å². The van der Waals surface area contributed by atoms with Crippen LogP contribution in [0.15, 0.2) is 28.8 Å². The minimum Gasteiger partial charge on any atom is -0.344 e. The van der Waals surface area contributed by atoms with Gasteiger partial charge < -0.3 is 9.84 Å². The second-order valence-electron chi connectivity index (χ2n) is 5.68. The molecule has 2 aromatic rings. The summed E-state index contributed by atoms with van der Waals surface area (Å²) in [6.07, 6.45) is 3.11. The molecule has 1 fully saturated rings. The fraction of sp³-hybridized carbons (Fsp3) is 0.438. The maximum absolute atomic E-state index is 11.9. The van der Waals surface area contributed by atoms with E-state index in [2.05, 4.69) is 15.5 Å². The van der Waals surface area contributed by atoms with E-state index >= 15 is 0 Å². The molecule has 1 aromatic heterocycles. The quantitative estimate of drug-likeness (QED) is 0.937. The molecule has 0 bridgehead atoms. The zero-order chi connectivity index (χ0) is 14.8. The molecule has 0 spiro atoms. The van der Waals surface area contributed by atoms with E-state index in [1.807, 2.05) is 38.1 Å². The number of benzene rings is 1. The van der Waals surface area contributed by atoms with Crippen molar-refractivity contribution in [2.24, 2.45) is 5.92 Å². The number of carbonyl (C=O) groups is 1. The number of hydrogen-bond donors (Lipinski definition) is 1. The Balaban J connectivity index is 1.70. The van der Waals surface area contributed by atoms with Crippen molar-refractivity contribution in [2.45, 2.75) is 39.2 Å². The third-order valence-corrected chi connectivity index (χ3v) is 3.92. The van der Waals surface area contributed by atoms with Crippen molar-refractivity contribution < 1.29 is 9.32 Å². The predicted molar refractivity (Wildman–Crippen MR) is 78.4 cm³/mol. The Morgan fingerprint density at radius 1 is 1.43 bits per heavy atom. The highest BCUT2D eigenvalue weighted by atomic mass is 16.5. The summed E-state index contributed by atoms with van der Waals surface area (Å²) in [7, 11) is 0. The molecular weight excluding hydrogens is 266 g/mol. The molecule has 1 saturated carbocycles. The van der Waals surface area contributed by atoms with E-state index in [4.69, 9.17) is 4.52 Å². The zero-order valence-electron chi connectivity index (χ0n) is 12.3. The van der Waals surface area contributed by atoms with Crippen LogP contribution in [-0.4, -0.2) is 16.0 Å². The number of carbonyl (C=O) groups excluding carboxylic acids is 1. The molecule has 0 aliphatic heterocycles. The largest absolute Gasteiger partial charge is 0.344 e. The molecule has 110 valence electrons. The number of aryl methyl sites for hydroxylation is 1. The number of amides is 1. The summed E-state index contributed by atoms with van der Waals surface area (Å²) < 4.78 is 5.28. The van der Waals surface area contributed by atoms with Crippen molar-refractivity contribution in [3.05, 3.63) is 35.7 Å². The highest BCUT2D eigenvalue weighted by molar-refractivity contribution is 5.79. The van der Waals surface area contributed by atoms with Gasteiger partial charge in [-0.2, -0.15) is 4.98 Å². The molecule has 1 N–H and O–H groups in total. The summed E-state index contributed by atoms with van der Waals surface area (Å²) in [5.41, 5.74) is 2.06. The Kier molecular flexibility index (Phi) is 3.73. The summed E-state index contributed by atoms with van der Waals surface area (Å²) >= 11 is 0. The molecule has 1 amide bonds. The van der Waals surface area contributed by atoms with Gasteiger partial charge in [0.05, 0.1) is 0 Å². The van der Waals surface area contributed by atoms with Crippen LogP contribution in [0.2, 0.25) is 0 Å². The number of nitrogens with one attached hydrogen (secondary N) is 1. The maximum Gasteiger partial charge on any atom is 0.249 e. The molecular formula is C16H19N3O2. The molecule has 21 heavy (non-hydrogen) atoms. The van der Waals surface area contributed by atoms with E-state index in [1.54, 1.807) is 0 Å². The molecule has 1 heterocycles. The maximum atomic E-state index is 11.9. The van der Waals surface area contributed by atoms with E-state index < -0.39 is 0 Å². The van der Waals surface area contributed by atoms with Crippen molar-refractivity contribution in [1.29, 1.82) is 0 Å². The fourth-order valence-electron chi connectivity index (χ4n) is 2.38. The van der Waals surface area contributed by atoms with Crippen molar-refractivity contribution in [1.82, 2.24) is 15.5 Å². The second kappa shape index (κ2) is 5.68. The first-order valence-electron chi connectivity index (χ1n) is 7.34. The molecule has 0 saturated heterocycles. The third-order valence-electron chi connectivity index (χ3n) is 3.92. The third kappa shape index (κ3) is 2.96. The van der Waals surface area contributed by atoms with E-state index in [-0.39, 0.29) is 17.9 Å². The first kappa shape index (κ1) is 13.8. The number of nitrogens with zero attached hydrogens (tertiary/aromatic N) is 2. The normalized spacial score (nSPS) is 16.3. The number of hydrogen-bond acceptors (Lipinski definition) is 4. The highest BCUT2D eigenvalue weighted by Gasteiger charge is 2.27. The Labute approximate surface area is 123 Å². The van der Waals surface area contributed by atoms with Crippen LogP contribution in [0.25, 0.3) is 11.4 Å². The lowest BCUT2D eigenvalue weighted by Gasteiger charge is -2.25. The van der Waals surface area contributed by atoms with Crippen LogP contribution in [0.1, 0.15) is 43.7 Å². The van der Waals surface area contributed by atoms with Crippen LogP contribution >= 0.6 is 0 Å². The van der Waals surface area contributed by atoms with Gasteiger partial charge in [0, 0.05) is 11.5 Å². The topological polar surface area (TPSA) is 68.0 Å². The average Bonchev–Trinajstić information content (AvgIpc) is 2.86. The molecule has 1 atom stereocenters. The molecule has 5 nitrogen and oxygen atoms in total. The predicted octanol–water partition coefficient (Wildman–Crippen LogP) is 3.02.